The molecule has 3 aromatic carbocycles. The zero-order valence-electron chi connectivity index (χ0n) is 18.2. The van der Waals surface area contributed by atoms with E-state index in [1.165, 1.54) is 0 Å². The normalized spacial score (nSPS) is 15.3. The number of rotatable bonds is 4. The second-order valence-corrected chi connectivity index (χ2v) is 8.27. The highest BCUT2D eigenvalue weighted by molar-refractivity contribution is 5.99. The highest BCUT2D eigenvalue weighted by Gasteiger charge is 2.40. The van der Waals surface area contributed by atoms with Crippen LogP contribution in [0, 0.1) is 13.8 Å². The summed E-state index contributed by atoms with van der Waals surface area (Å²) in [7, 11) is 1.70. The Kier molecular flexibility index (Phi) is 4.82. The van der Waals surface area contributed by atoms with Crippen molar-refractivity contribution in [3.63, 3.8) is 0 Å². The van der Waals surface area contributed by atoms with E-state index in [9.17, 15) is 9.59 Å². The van der Waals surface area contributed by atoms with Gasteiger partial charge in [0.2, 0.25) is 5.76 Å². The Balaban J connectivity index is 1.57. The molecule has 160 valence electrons. The van der Waals surface area contributed by atoms with Gasteiger partial charge >= 0.3 is 0 Å². The number of nitrogens with zero attached hydrogens (tertiary/aromatic N) is 1. The molecular weight excluding hydrogens is 402 g/mol. The fraction of sp³-hybridized carbons (Fsp3) is 0.185. The van der Waals surface area contributed by atoms with Gasteiger partial charge in [-0.2, -0.15) is 0 Å². The standard InChI is InChI=1S/C27H23NO4/c1-16-12-21-22(13-17(16)2)32-26-23(25(21)29)24(28(3)27(26)30)19-10-7-11-20(14-19)31-15-18-8-5-4-6-9-18/h4-14,24H,15H2,1-3H3. The molecule has 1 unspecified atom stereocenters. The predicted molar refractivity (Wildman–Crippen MR) is 123 cm³/mol. The third-order valence-corrected chi connectivity index (χ3v) is 6.14. The van der Waals surface area contributed by atoms with Crippen molar-refractivity contribution >= 4 is 16.9 Å². The minimum absolute atomic E-state index is 0.119. The number of fused-ring (bicyclic) bond motifs is 2. The third-order valence-electron chi connectivity index (χ3n) is 6.14. The summed E-state index contributed by atoms with van der Waals surface area (Å²) >= 11 is 0. The minimum Gasteiger partial charge on any atom is -0.489 e. The van der Waals surface area contributed by atoms with Crippen LogP contribution in [0.2, 0.25) is 0 Å². The molecule has 1 aliphatic heterocycles. The van der Waals surface area contributed by atoms with E-state index >= 15 is 0 Å². The first kappa shape index (κ1) is 20.1. The van der Waals surface area contributed by atoms with Crippen LogP contribution >= 0.6 is 0 Å². The van der Waals surface area contributed by atoms with E-state index in [2.05, 4.69) is 0 Å². The van der Waals surface area contributed by atoms with Crippen LogP contribution in [0.3, 0.4) is 0 Å². The molecular formula is C27H23NO4. The molecule has 0 N–H and O–H groups in total. The summed E-state index contributed by atoms with van der Waals surface area (Å²) in [4.78, 5) is 28.0. The van der Waals surface area contributed by atoms with Crippen molar-refractivity contribution in [3.05, 3.63) is 111 Å². The van der Waals surface area contributed by atoms with Gasteiger partial charge in [-0.1, -0.05) is 42.5 Å². The van der Waals surface area contributed by atoms with E-state index in [1.807, 2.05) is 80.6 Å². The first-order valence-electron chi connectivity index (χ1n) is 10.6. The quantitative estimate of drug-likeness (QED) is 0.453. The number of carbonyl (C=O) groups is 1. The molecule has 0 bridgehead atoms. The van der Waals surface area contributed by atoms with Gasteiger partial charge in [0.1, 0.15) is 17.9 Å². The lowest BCUT2D eigenvalue weighted by molar-refractivity contribution is 0.0771. The molecule has 0 radical (unpaired) electrons. The average Bonchev–Trinajstić information content (AvgIpc) is 3.05. The van der Waals surface area contributed by atoms with Crippen LogP contribution < -0.4 is 10.2 Å². The zero-order chi connectivity index (χ0) is 22.4. The van der Waals surface area contributed by atoms with Crippen LogP contribution in [0.15, 0.2) is 75.9 Å². The summed E-state index contributed by atoms with van der Waals surface area (Å²) in [6.07, 6.45) is 0. The number of amides is 1. The molecule has 0 saturated carbocycles. The first-order valence-corrected chi connectivity index (χ1v) is 10.6. The van der Waals surface area contributed by atoms with E-state index in [-0.39, 0.29) is 17.1 Å². The Morgan fingerprint density at radius 3 is 2.47 bits per heavy atom. The molecule has 5 heteroatoms. The number of aryl methyl sites for hydroxylation is 2. The Morgan fingerprint density at radius 1 is 0.938 bits per heavy atom. The maximum Gasteiger partial charge on any atom is 0.290 e. The fourth-order valence-corrected chi connectivity index (χ4v) is 4.25. The molecule has 1 aliphatic rings. The second kappa shape index (κ2) is 7.68. The van der Waals surface area contributed by atoms with Crippen LogP contribution in [0.25, 0.3) is 11.0 Å². The maximum atomic E-state index is 13.5. The Hall–Kier alpha value is -3.86. The van der Waals surface area contributed by atoms with Gasteiger partial charge < -0.3 is 14.1 Å². The number of hydrogen-bond donors (Lipinski definition) is 0. The molecule has 32 heavy (non-hydrogen) atoms. The SMILES string of the molecule is Cc1cc2oc3c(c(=O)c2cc1C)C(c1cccc(OCc2ccccc2)c1)N(C)C3=O. The summed E-state index contributed by atoms with van der Waals surface area (Å²) in [6, 6.07) is 20.6. The summed E-state index contributed by atoms with van der Waals surface area (Å²) < 4.78 is 11.9. The molecule has 4 aromatic rings. The summed E-state index contributed by atoms with van der Waals surface area (Å²) in [6.45, 7) is 4.36. The highest BCUT2D eigenvalue weighted by Crippen LogP contribution is 2.38. The zero-order valence-corrected chi connectivity index (χ0v) is 18.2. The summed E-state index contributed by atoms with van der Waals surface area (Å²) in [5, 5.41) is 0.497. The molecule has 0 saturated heterocycles. The Morgan fingerprint density at radius 2 is 1.69 bits per heavy atom. The number of hydrogen-bond acceptors (Lipinski definition) is 4. The van der Waals surface area contributed by atoms with Crippen molar-refractivity contribution in [1.82, 2.24) is 4.90 Å². The van der Waals surface area contributed by atoms with Crippen molar-refractivity contribution < 1.29 is 13.9 Å². The maximum absolute atomic E-state index is 13.5. The van der Waals surface area contributed by atoms with Crippen LogP contribution in [0.4, 0.5) is 0 Å². The van der Waals surface area contributed by atoms with Crippen molar-refractivity contribution in [3.8, 4) is 5.75 Å². The molecule has 1 aromatic heterocycles. The Labute approximate surface area is 185 Å². The molecule has 0 fully saturated rings. The molecule has 0 spiro atoms. The monoisotopic (exact) mass is 425 g/mol. The van der Waals surface area contributed by atoms with Gasteiger partial charge in [0, 0.05) is 7.05 Å². The molecule has 5 rings (SSSR count). The van der Waals surface area contributed by atoms with Crippen LogP contribution in [0.1, 0.15) is 44.4 Å². The van der Waals surface area contributed by atoms with E-state index in [4.69, 9.17) is 9.15 Å². The molecule has 1 amide bonds. The van der Waals surface area contributed by atoms with Gasteiger partial charge in [-0.25, -0.2) is 0 Å². The number of carbonyl (C=O) groups excluding carboxylic acids is 1. The first-order chi connectivity index (χ1) is 15.4. The summed E-state index contributed by atoms with van der Waals surface area (Å²) in [5.41, 5.74) is 4.56. The van der Waals surface area contributed by atoms with Crippen molar-refractivity contribution in [1.29, 1.82) is 0 Å². The molecule has 5 nitrogen and oxygen atoms in total. The van der Waals surface area contributed by atoms with E-state index in [0.29, 0.717) is 28.9 Å². The predicted octanol–water partition coefficient (Wildman–Crippen LogP) is 5.16. The van der Waals surface area contributed by atoms with Gasteiger partial charge in [0.25, 0.3) is 5.91 Å². The molecule has 1 atom stereocenters. The topological polar surface area (TPSA) is 59.8 Å². The van der Waals surface area contributed by atoms with Gasteiger partial charge in [-0.05, 0) is 60.4 Å². The number of ether oxygens (including phenoxy) is 1. The van der Waals surface area contributed by atoms with Crippen LogP contribution in [-0.4, -0.2) is 17.9 Å². The van der Waals surface area contributed by atoms with E-state index in [0.717, 1.165) is 22.3 Å². The number of benzene rings is 3. The largest absolute Gasteiger partial charge is 0.489 e. The van der Waals surface area contributed by atoms with Crippen LogP contribution in [-0.2, 0) is 6.61 Å². The van der Waals surface area contributed by atoms with Crippen LogP contribution in [0.5, 0.6) is 5.75 Å². The average molecular weight is 425 g/mol. The van der Waals surface area contributed by atoms with Gasteiger partial charge in [0.05, 0.1) is 17.0 Å². The molecule has 0 aliphatic carbocycles. The fourth-order valence-electron chi connectivity index (χ4n) is 4.25. The highest BCUT2D eigenvalue weighted by atomic mass is 16.5. The van der Waals surface area contributed by atoms with Crippen molar-refractivity contribution in [2.45, 2.75) is 26.5 Å². The van der Waals surface area contributed by atoms with Gasteiger partial charge in [-0.3, -0.25) is 9.59 Å². The lowest BCUT2D eigenvalue weighted by Crippen LogP contribution is -2.25. The lowest BCUT2D eigenvalue weighted by Gasteiger charge is -2.21. The smallest absolute Gasteiger partial charge is 0.290 e. The molecule has 2 heterocycles. The van der Waals surface area contributed by atoms with Crippen molar-refractivity contribution in [2.75, 3.05) is 7.05 Å². The van der Waals surface area contributed by atoms with Gasteiger partial charge in [-0.15, -0.1) is 0 Å². The third kappa shape index (κ3) is 3.26. The summed E-state index contributed by atoms with van der Waals surface area (Å²) in [5.74, 6) is 0.504. The lowest BCUT2D eigenvalue weighted by atomic mass is 9.97. The Bertz CT molecular complexity index is 1400. The minimum atomic E-state index is -0.528. The van der Waals surface area contributed by atoms with Gasteiger partial charge in [0.15, 0.2) is 5.43 Å². The van der Waals surface area contributed by atoms with E-state index in [1.54, 1.807) is 11.9 Å². The van der Waals surface area contributed by atoms with Crippen molar-refractivity contribution in [2.24, 2.45) is 0 Å². The second-order valence-electron chi connectivity index (χ2n) is 8.27. The van der Waals surface area contributed by atoms with E-state index < -0.39 is 6.04 Å².